The maximum absolute atomic E-state index is 12.0. The van der Waals surface area contributed by atoms with E-state index in [-0.39, 0.29) is 17.7 Å². The summed E-state index contributed by atoms with van der Waals surface area (Å²) in [5.41, 5.74) is 0.279. The summed E-state index contributed by atoms with van der Waals surface area (Å²) in [6.07, 6.45) is 1.48. The molecule has 1 saturated heterocycles. The predicted octanol–water partition coefficient (Wildman–Crippen LogP) is 0.619. The second kappa shape index (κ2) is 7.33. The number of carboxylic acid groups (broad SMARTS) is 1. The predicted molar refractivity (Wildman–Crippen MR) is 80.0 cm³/mol. The van der Waals surface area contributed by atoms with Gasteiger partial charge in [0.1, 0.15) is 5.69 Å². The third-order valence-corrected chi connectivity index (χ3v) is 3.67. The van der Waals surface area contributed by atoms with Crippen molar-refractivity contribution in [2.45, 2.75) is 26.0 Å². The van der Waals surface area contributed by atoms with E-state index < -0.39 is 5.97 Å². The average Bonchev–Trinajstić information content (AvgIpc) is 2.50. The van der Waals surface area contributed by atoms with E-state index in [2.05, 4.69) is 22.1 Å². The molecular weight excluding hydrogens is 286 g/mol. The van der Waals surface area contributed by atoms with Gasteiger partial charge in [-0.1, -0.05) is 0 Å². The van der Waals surface area contributed by atoms with Crippen LogP contribution in [0.4, 0.5) is 0 Å². The van der Waals surface area contributed by atoms with Crippen molar-refractivity contribution in [3.05, 3.63) is 29.6 Å². The molecule has 1 aliphatic rings. The lowest BCUT2D eigenvalue weighted by atomic mass is 10.2. The van der Waals surface area contributed by atoms with Gasteiger partial charge in [0, 0.05) is 31.9 Å². The number of hydrogen-bond donors (Lipinski definition) is 2. The minimum atomic E-state index is -1.11. The van der Waals surface area contributed by atoms with Crippen LogP contribution in [-0.4, -0.2) is 65.3 Å². The van der Waals surface area contributed by atoms with E-state index in [0.717, 1.165) is 13.1 Å². The minimum absolute atomic E-state index is 0.0762. The summed E-state index contributed by atoms with van der Waals surface area (Å²) in [5.74, 6) is -1.36. The highest BCUT2D eigenvalue weighted by atomic mass is 16.5. The number of carbonyl (C=O) groups is 2. The van der Waals surface area contributed by atoms with Gasteiger partial charge in [0.15, 0.2) is 0 Å². The van der Waals surface area contributed by atoms with Gasteiger partial charge < -0.3 is 15.2 Å². The molecule has 120 valence electrons. The third kappa shape index (κ3) is 4.25. The molecule has 0 aliphatic carbocycles. The Hall–Kier alpha value is -1.99. The Kier molecular flexibility index (Phi) is 5.46. The number of ether oxygens (including phenoxy) is 1. The number of hydrogen-bond acceptors (Lipinski definition) is 5. The number of carboxylic acids is 1. The summed E-state index contributed by atoms with van der Waals surface area (Å²) < 4.78 is 5.56. The molecule has 2 heterocycles. The van der Waals surface area contributed by atoms with Gasteiger partial charge in [0.25, 0.3) is 5.91 Å². The van der Waals surface area contributed by atoms with Gasteiger partial charge >= 0.3 is 5.97 Å². The molecule has 22 heavy (non-hydrogen) atoms. The van der Waals surface area contributed by atoms with Crippen LogP contribution in [0.5, 0.6) is 0 Å². The van der Waals surface area contributed by atoms with Gasteiger partial charge in [-0.05, 0) is 26.0 Å². The van der Waals surface area contributed by atoms with Crippen LogP contribution in [0.15, 0.2) is 18.3 Å². The Labute approximate surface area is 129 Å². The number of carbonyl (C=O) groups excluding carboxylic acids is 1. The van der Waals surface area contributed by atoms with Crippen LogP contribution < -0.4 is 5.32 Å². The summed E-state index contributed by atoms with van der Waals surface area (Å²) in [5, 5.41) is 11.6. The first-order valence-corrected chi connectivity index (χ1v) is 7.30. The monoisotopic (exact) mass is 307 g/mol. The molecule has 1 aromatic rings. The summed E-state index contributed by atoms with van der Waals surface area (Å²) in [7, 11) is 0. The van der Waals surface area contributed by atoms with Crippen LogP contribution in [-0.2, 0) is 4.74 Å². The van der Waals surface area contributed by atoms with Crippen LogP contribution >= 0.6 is 0 Å². The van der Waals surface area contributed by atoms with Gasteiger partial charge in [-0.3, -0.25) is 9.69 Å². The van der Waals surface area contributed by atoms with E-state index in [1.165, 1.54) is 18.3 Å². The molecule has 2 unspecified atom stereocenters. The molecule has 2 N–H and O–H groups in total. The fourth-order valence-corrected chi connectivity index (χ4v) is 2.35. The van der Waals surface area contributed by atoms with Gasteiger partial charge in [0.2, 0.25) is 0 Å². The molecule has 0 bridgehead atoms. The summed E-state index contributed by atoms with van der Waals surface area (Å²) in [6, 6.07) is 3.12. The van der Waals surface area contributed by atoms with Crippen molar-refractivity contribution in [1.29, 1.82) is 0 Å². The molecule has 7 heteroatoms. The lowest BCUT2D eigenvalue weighted by Crippen LogP contribution is -2.49. The Balaban J connectivity index is 1.81. The van der Waals surface area contributed by atoms with E-state index in [4.69, 9.17) is 9.84 Å². The second-order valence-electron chi connectivity index (χ2n) is 5.48. The molecule has 1 aromatic heterocycles. The Morgan fingerprint density at radius 2 is 2.23 bits per heavy atom. The maximum atomic E-state index is 12.0. The number of aromatic carboxylic acids is 1. The zero-order chi connectivity index (χ0) is 16.1. The lowest BCUT2D eigenvalue weighted by molar-refractivity contribution is -0.0484. The number of nitrogens with one attached hydrogen (secondary N) is 1. The van der Waals surface area contributed by atoms with E-state index >= 15 is 0 Å². The van der Waals surface area contributed by atoms with Crippen molar-refractivity contribution in [1.82, 2.24) is 15.2 Å². The van der Waals surface area contributed by atoms with Gasteiger partial charge in [-0.15, -0.1) is 0 Å². The maximum Gasteiger partial charge on any atom is 0.354 e. The standard InChI is InChI=1S/C15H21N3O4/c1-10-9-22-11(2)8-18(10)6-5-16-14(19)12-3-4-13(15(20)21)17-7-12/h3-4,7,10-11H,5-6,8-9H2,1-2H3,(H,16,19)(H,20,21). The zero-order valence-corrected chi connectivity index (χ0v) is 12.8. The molecule has 2 rings (SSSR count). The topological polar surface area (TPSA) is 91.8 Å². The van der Waals surface area contributed by atoms with Gasteiger partial charge in [0.05, 0.1) is 18.3 Å². The Morgan fingerprint density at radius 3 is 2.86 bits per heavy atom. The molecule has 2 atom stereocenters. The lowest BCUT2D eigenvalue weighted by Gasteiger charge is -2.36. The normalized spacial score (nSPS) is 22.3. The molecule has 1 fully saturated rings. The molecule has 0 radical (unpaired) electrons. The largest absolute Gasteiger partial charge is 0.477 e. The Morgan fingerprint density at radius 1 is 1.45 bits per heavy atom. The SMILES string of the molecule is CC1CN(CCNC(=O)c2ccc(C(=O)O)nc2)C(C)CO1. The first-order chi connectivity index (χ1) is 10.5. The van der Waals surface area contributed by atoms with Crippen molar-refractivity contribution in [2.24, 2.45) is 0 Å². The first-order valence-electron chi connectivity index (χ1n) is 7.30. The summed E-state index contributed by atoms with van der Waals surface area (Å²) in [6.45, 7) is 6.97. The molecule has 1 aliphatic heterocycles. The van der Waals surface area contributed by atoms with Crippen molar-refractivity contribution in [3.8, 4) is 0 Å². The van der Waals surface area contributed by atoms with Crippen LogP contribution in [0.2, 0.25) is 0 Å². The second-order valence-corrected chi connectivity index (χ2v) is 5.48. The number of aromatic nitrogens is 1. The van der Waals surface area contributed by atoms with E-state index in [9.17, 15) is 9.59 Å². The smallest absolute Gasteiger partial charge is 0.354 e. The highest BCUT2D eigenvalue weighted by molar-refractivity contribution is 5.94. The molecule has 0 spiro atoms. The number of pyridine rings is 1. The molecule has 1 amide bonds. The van der Waals surface area contributed by atoms with Crippen LogP contribution in [0.25, 0.3) is 0 Å². The van der Waals surface area contributed by atoms with E-state index in [0.29, 0.717) is 24.8 Å². The molecule has 7 nitrogen and oxygen atoms in total. The summed E-state index contributed by atoms with van der Waals surface area (Å²) in [4.78, 5) is 28.7. The number of nitrogens with zero attached hydrogens (tertiary/aromatic N) is 2. The number of rotatable bonds is 5. The van der Waals surface area contributed by atoms with Crippen molar-refractivity contribution in [3.63, 3.8) is 0 Å². The molecule has 0 aromatic carbocycles. The van der Waals surface area contributed by atoms with Crippen LogP contribution in [0.3, 0.4) is 0 Å². The Bertz CT molecular complexity index is 532. The fraction of sp³-hybridized carbons (Fsp3) is 0.533. The molecular formula is C15H21N3O4. The third-order valence-electron chi connectivity index (χ3n) is 3.67. The van der Waals surface area contributed by atoms with Crippen LogP contribution in [0.1, 0.15) is 34.7 Å². The number of morpholine rings is 1. The van der Waals surface area contributed by atoms with Gasteiger partial charge in [-0.2, -0.15) is 0 Å². The van der Waals surface area contributed by atoms with Crippen molar-refractivity contribution < 1.29 is 19.4 Å². The highest BCUT2D eigenvalue weighted by Gasteiger charge is 2.22. The van der Waals surface area contributed by atoms with Crippen LogP contribution in [0, 0.1) is 0 Å². The van der Waals surface area contributed by atoms with E-state index in [1.807, 2.05) is 6.92 Å². The summed E-state index contributed by atoms with van der Waals surface area (Å²) >= 11 is 0. The number of amides is 1. The van der Waals surface area contributed by atoms with Gasteiger partial charge in [-0.25, -0.2) is 9.78 Å². The minimum Gasteiger partial charge on any atom is -0.477 e. The zero-order valence-electron chi connectivity index (χ0n) is 12.8. The quantitative estimate of drug-likeness (QED) is 0.828. The van der Waals surface area contributed by atoms with E-state index in [1.54, 1.807) is 0 Å². The fourth-order valence-electron chi connectivity index (χ4n) is 2.35. The van der Waals surface area contributed by atoms with Crippen molar-refractivity contribution >= 4 is 11.9 Å². The average molecular weight is 307 g/mol. The molecule has 0 saturated carbocycles. The first kappa shape index (κ1) is 16.4. The van der Waals surface area contributed by atoms with Crippen molar-refractivity contribution in [2.75, 3.05) is 26.2 Å². The highest BCUT2D eigenvalue weighted by Crippen LogP contribution is 2.10.